The van der Waals surface area contributed by atoms with Crippen molar-refractivity contribution in [2.45, 2.75) is 62.8 Å². The number of carbonyl (C=O) groups excluding carboxylic acids is 1. The SMILES string of the molecule is CC(=O)N1CCC(C#N)(c2cc(F)c(CN3[C@@H](C)CC[C@H](c4ccccc4)S3(=O)=O)cc2F)CC1. The minimum absolute atomic E-state index is 0.0406. The molecule has 186 valence electrons. The van der Waals surface area contributed by atoms with Crippen molar-refractivity contribution in [1.82, 2.24) is 9.21 Å². The molecule has 4 rings (SSSR count). The first-order chi connectivity index (χ1) is 16.6. The Balaban J connectivity index is 1.62. The highest BCUT2D eigenvalue weighted by Gasteiger charge is 2.42. The molecule has 2 aliphatic rings. The zero-order valence-electron chi connectivity index (χ0n) is 19.9. The average Bonchev–Trinajstić information content (AvgIpc) is 2.84. The zero-order valence-corrected chi connectivity index (χ0v) is 20.7. The Morgan fingerprint density at radius 3 is 2.37 bits per heavy atom. The maximum Gasteiger partial charge on any atom is 0.221 e. The van der Waals surface area contributed by atoms with Gasteiger partial charge in [0, 0.05) is 43.7 Å². The molecule has 0 aliphatic carbocycles. The van der Waals surface area contributed by atoms with E-state index in [0.717, 1.165) is 12.1 Å². The molecule has 2 aliphatic heterocycles. The average molecular weight is 502 g/mol. The number of rotatable bonds is 4. The van der Waals surface area contributed by atoms with Crippen LogP contribution in [-0.2, 0) is 26.8 Å². The fourth-order valence-corrected chi connectivity index (χ4v) is 7.43. The number of benzene rings is 2. The van der Waals surface area contributed by atoms with Gasteiger partial charge in [0.1, 0.15) is 16.9 Å². The molecule has 0 spiro atoms. The highest BCUT2D eigenvalue weighted by Crippen LogP contribution is 2.40. The lowest BCUT2D eigenvalue weighted by Crippen LogP contribution is -2.45. The van der Waals surface area contributed by atoms with Crippen LogP contribution in [0.15, 0.2) is 42.5 Å². The van der Waals surface area contributed by atoms with Crippen molar-refractivity contribution in [3.63, 3.8) is 0 Å². The Labute approximate surface area is 205 Å². The molecule has 2 fully saturated rings. The molecule has 0 aromatic heterocycles. The lowest BCUT2D eigenvalue weighted by molar-refractivity contribution is -0.130. The maximum atomic E-state index is 15.3. The molecular formula is C26H29F2N3O3S. The van der Waals surface area contributed by atoms with Gasteiger partial charge in [-0.1, -0.05) is 30.3 Å². The number of amides is 1. The van der Waals surface area contributed by atoms with Crippen LogP contribution in [0.4, 0.5) is 8.78 Å². The van der Waals surface area contributed by atoms with Crippen LogP contribution in [0.3, 0.4) is 0 Å². The van der Waals surface area contributed by atoms with E-state index in [1.54, 1.807) is 36.1 Å². The van der Waals surface area contributed by atoms with Crippen LogP contribution in [0.1, 0.15) is 61.5 Å². The van der Waals surface area contributed by atoms with Gasteiger partial charge in [0.15, 0.2) is 0 Å². The summed E-state index contributed by atoms with van der Waals surface area (Å²) in [7, 11) is -3.80. The minimum atomic E-state index is -3.80. The van der Waals surface area contributed by atoms with Crippen LogP contribution >= 0.6 is 0 Å². The Morgan fingerprint density at radius 1 is 1.11 bits per heavy atom. The van der Waals surface area contributed by atoms with Crippen molar-refractivity contribution >= 4 is 15.9 Å². The van der Waals surface area contributed by atoms with Crippen molar-refractivity contribution in [2.24, 2.45) is 0 Å². The molecule has 1 amide bonds. The Morgan fingerprint density at radius 2 is 1.77 bits per heavy atom. The van der Waals surface area contributed by atoms with E-state index < -0.39 is 32.3 Å². The van der Waals surface area contributed by atoms with Crippen LogP contribution in [0.2, 0.25) is 0 Å². The molecule has 2 saturated heterocycles. The second-order valence-corrected chi connectivity index (χ2v) is 11.6. The van der Waals surface area contributed by atoms with E-state index >= 15 is 8.78 Å². The van der Waals surface area contributed by atoms with Crippen molar-refractivity contribution in [3.8, 4) is 6.07 Å². The first-order valence-corrected chi connectivity index (χ1v) is 13.3. The first kappa shape index (κ1) is 25.3. The number of piperidine rings is 1. The molecule has 35 heavy (non-hydrogen) atoms. The molecule has 9 heteroatoms. The topological polar surface area (TPSA) is 81.5 Å². The van der Waals surface area contributed by atoms with E-state index in [-0.39, 0.29) is 55.6 Å². The number of nitriles is 1. The monoisotopic (exact) mass is 501 g/mol. The molecular weight excluding hydrogens is 472 g/mol. The number of hydrogen-bond acceptors (Lipinski definition) is 4. The second kappa shape index (κ2) is 9.67. The predicted octanol–water partition coefficient (Wildman–Crippen LogP) is 4.42. The van der Waals surface area contributed by atoms with Crippen molar-refractivity contribution < 1.29 is 22.0 Å². The van der Waals surface area contributed by atoms with Crippen molar-refractivity contribution in [2.75, 3.05) is 13.1 Å². The van der Waals surface area contributed by atoms with E-state index in [1.165, 1.54) is 11.2 Å². The maximum absolute atomic E-state index is 15.3. The van der Waals surface area contributed by atoms with Crippen molar-refractivity contribution in [3.05, 3.63) is 70.8 Å². The fourth-order valence-electron chi connectivity index (χ4n) is 5.24. The van der Waals surface area contributed by atoms with Gasteiger partial charge in [0.25, 0.3) is 0 Å². The van der Waals surface area contributed by atoms with Gasteiger partial charge < -0.3 is 4.90 Å². The van der Waals surface area contributed by atoms with Gasteiger partial charge in [-0.25, -0.2) is 17.2 Å². The summed E-state index contributed by atoms with van der Waals surface area (Å²) in [6.07, 6.45) is 1.47. The zero-order chi connectivity index (χ0) is 25.4. The van der Waals surface area contributed by atoms with Gasteiger partial charge in [-0.05, 0) is 50.3 Å². The van der Waals surface area contributed by atoms with Crippen LogP contribution < -0.4 is 0 Å². The predicted molar refractivity (Wildman–Crippen MR) is 127 cm³/mol. The highest BCUT2D eigenvalue weighted by atomic mass is 32.2. The third-order valence-corrected chi connectivity index (χ3v) is 9.82. The first-order valence-electron chi connectivity index (χ1n) is 11.8. The smallest absolute Gasteiger partial charge is 0.221 e. The molecule has 0 unspecified atom stereocenters. The van der Waals surface area contributed by atoms with Gasteiger partial charge in [0.05, 0.1) is 11.5 Å². The lowest BCUT2D eigenvalue weighted by Gasteiger charge is -2.38. The lowest BCUT2D eigenvalue weighted by atomic mass is 9.73. The van der Waals surface area contributed by atoms with Gasteiger partial charge in [-0.15, -0.1) is 0 Å². The molecule has 2 aromatic rings. The number of carbonyl (C=O) groups is 1. The van der Waals surface area contributed by atoms with Crippen LogP contribution in [0.5, 0.6) is 0 Å². The highest BCUT2D eigenvalue weighted by molar-refractivity contribution is 7.89. The second-order valence-electron chi connectivity index (χ2n) is 9.54. The number of nitrogens with zero attached hydrogens (tertiary/aromatic N) is 3. The quantitative estimate of drug-likeness (QED) is 0.621. The van der Waals surface area contributed by atoms with Gasteiger partial charge in [-0.2, -0.15) is 9.57 Å². The molecule has 2 atom stereocenters. The molecule has 2 aromatic carbocycles. The molecule has 0 bridgehead atoms. The molecule has 2 heterocycles. The summed E-state index contributed by atoms with van der Waals surface area (Å²) in [5, 5.41) is 9.14. The van der Waals surface area contributed by atoms with Crippen LogP contribution in [0.25, 0.3) is 0 Å². The standard InChI is InChI=1S/C26H29F2N3O3S/c1-18-8-9-25(20-6-4-3-5-7-20)35(33,34)31(18)16-21-14-24(28)22(15-23(21)27)26(17-29)10-12-30(13-11-26)19(2)32/h3-7,14-15,18,25H,8-13,16H2,1-2H3/t18-,25+/m0/s1. The van der Waals surface area contributed by atoms with E-state index in [1.807, 2.05) is 6.07 Å². The Kier molecular flexibility index (Phi) is 6.98. The summed E-state index contributed by atoms with van der Waals surface area (Å²) in [6, 6.07) is 12.8. The Bertz CT molecular complexity index is 1250. The third kappa shape index (κ3) is 4.69. The minimum Gasteiger partial charge on any atom is -0.343 e. The summed E-state index contributed by atoms with van der Waals surface area (Å²) < 4.78 is 58.8. The summed E-state index contributed by atoms with van der Waals surface area (Å²) in [5.41, 5.74) is -0.664. The number of likely N-dealkylation sites (tertiary alicyclic amines) is 1. The van der Waals surface area contributed by atoms with Crippen molar-refractivity contribution in [1.29, 1.82) is 5.26 Å². The van der Waals surface area contributed by atoms with Crippen LogP contribution in [-0.4, -0.2) is 42.7 Å². The summed E-state index contributed by atoms with van der Waals surface area (Å²) in [4.78, 5) is 13.2. The van der Waals surface area contributed by atoms with E-state index in [4.69, 9.17) is 0 Å². The third-order valence-electron chi connectivity index (χ3n) is 7.45. The summed E-state index contributed by atoms with van der Waals surface area (Å²) in [5.74, 6) is -1.60. The summed E-state index contributed by atoms with van der Waals surface area (Å²) >= 11 is 0. The molecule has 6 nitrogen and oxygen atoms in total. The number of hydrogen-bond donors (Lipinski definition) is 0. The summed E-state index contributed by atoms with van der Waals surface area (Å²) in [6.45, 7) is 3.50. The van der Waals surface area contributed by atoms with E-state index in [0.29, 0.717) is 18.4 Å². The van der Waals surface area contributed by atoms with Gasteiger partial charge in [-0.3, -0.25) is 4.79 Å². The van der Waals surface area contributed by atoms with E-state index in [2.05, 4.69) is 6.07 Å². The number of halogens is 2. The van der Waals surface area contributed by atoms with Gasteiger partial charge in [0.2, 0.25) is 15.9 Å². The van der Waals surface area contributed by atoms with Crippen LogP contribution in [0, 0.1) is 23.0 Å². The number of sulfonamides is 1. The van der Waals surface area contributed by atoms with Gasteiger partial charge >= 0.3 is 0 Å². The molecule has 0 N–H and O–H groups in total. The largest absolute Gasteiger partial charge is 0.343 e. The normalized spacial score (nSPS) is 24.0. The Hall–Kier alpha value is -2.83. The fraction of sp³-hybridized carbons (Fsp3) is 0.462. The molecule has 0 saturated carbocycles. The molecule has 0 radical (unpaired) electrons. The van der Waals surface area contributed by atoms with E-state index in [9.17, 15) is 18.5 Å².